The van der Waals surface area contributed by atoms with Crippen molar-refractivity contribution >= 4 is 11.7 Å². The molecule has 0 radical (unpaired) electrons. The molecule has 1 rings (SSSR count). The molecule has 0 aromatic rings. The molecule has 5 nitrogen and oxygen atoms in total. The maximum atomic E-state index is 11.7. The zero-order valence-corrected chi connectivity index (χ0v) is 15.5. The Balaban J connectivity index is 1.88. The number of ketones is 1. The highest BCUT2D eigenvalue weighted by Crippen LogP contribution is 2.20. The van der Waals surface area contributed by atoms with Gasteiger partial charge in [0.15, 0.2) is 0 Å². The van der Waals surface area contributed by atoms with E-state index in [1.54, 1.807) is 0 Å². The van der Waals surface area contributed by atoms with E-state index < -0.39 is 0 Å². The van der Waals surface area contributed by atoms with Crippen molar-refractivity contribution < 1.29 is 19.1 Å². The topological polar surface area (TPSA) is 64.6 Å². The van der Waals surface area contributed by atoms with E-state index in [0.717, 1.165) is 12.8 Å². The average molecular weight is 341 g/mol. The molecule has 24 heavy (non-hydrogen) atoms. The molecule has 0 aromatic heterocycles. The molecule has 0 aliphatic heterocycles. The van der Waals surface area contributed by atoms with Gasteiger partial charge in [0.25, 0.3) is 0 Å². The summed E-state index contributed by atoms with van der Waals surface area (Å²) in [5, 5.41) is 2.84. The predicted molar refractivity (Wildman–Crippen MR) is 95.0 cm³/mol. The van der Waals surface area contributed by atoms with Crippen molar-refractivity contribution in [3.05, 3.63) is 0 Å². The minimum Gasteiger partial charge on any atom is -0.379 e. The van der Waals surface area contributed by atoms with E-state index in [1.165, 1.54) is 32.1 Å². The number of hydrogen-bond acceptors (Lipinski definition) is 4. The van der Waals surface area contributed by atoms with Crippen LogP contribution in [-0.2, 0) is 19.1 Å². The minimum atomic E-state index is 0.0431. The number of carbonyl (C=O) groups excluding carboxylic acids is 2. The molecule has 1 atom stereocenters. The number of Topliss-reactive ketones (excluding diaryl/α,β-unsaturated/α-hetero) is 1. The third-order valence-corrected chi connectivity index (χ3v) is 4.68. The fourth-order valence-corrected chi connectivity index (χ4v) is 2.81. The first-order valence-corrected chi connectivity index (χ1v) is 9.62. The van der Waals surface area contributed by atoms with Crippen LogP contribution in [0.4, 0.5) is 0 Å². The highest BCUT2D eigenvalue weighted by Gasteiger charge is 2.13. The number of hydrogen-bond donors (Lipinski definition) is 1. The molecule has 1 unspecified atom stereocenters. The molecule has 1 aliphatic rings. The first-order chi connectivity index (χ1) is 11.6. The van der Waals surface area contributed by atoms with Gasteiger partial charge in [-0.2, -0.15) is 0 Å². The van der Waals surface area contributed by atoms with Gasteiger partial charge in [0.1, 0.15) is 5.78 Å². The third kappa shape index (κ3) is 10.0. The Hall–Kier alpha value is -0.940. The second-order valence-electron chi connectivity index (χ2n) is 6.72. The van der Waals surface area contributed by atoms with Gasteiger partial charge in [-0.05, 0) is 25.7 Å². The first-order valence-electron chi connectivity index (χ1n) is 9.62. The van der Waals surface area contributed by atoms with Gasteiger partial charge in [0, 0.05) is 31.9 Å². The van der Waals surface area contributed by atoms with Crippen molar-refractivity contribution in [2.24, 2.45) is 5.92 Å². The minimum absolute atomic E-state index is 0.0431. The van der Waals surface area contributed by atoms with Crippen LogP contribution in [0.25, 0.3) is 0 Å². The zero-order valence-electron chi connectivity index (χ0n) is 15.5. The van der Waals surface area contributed by atoms with E-state index in [1.807, 2.05) is 13.8 Å². The fourth-order valence-electron chi connectivity index (χ4n) is 2.81. The largest absolute Gasteiger partial charge is 0.379 e. The van der Waals surface area contributed by atoms with Gasteiger partial charge in [-0.3, -0.25) is 9.59 Å². The van der Waals surface area contributed by atoms with Crippen LogP contribution >= 0.6 is 0 Å². The average Bonchev–Trinajstić information content (AvgIpc) is 2.61. The van der Waals surface area contributed by atoms with Gasteiger partial charge < -0.3 is 14.8 Å². The van der Waals surface area contributed by atoms with Crippen LogP contribution < -0.4 is 5.32 Å². The van der Waals surface area contributed by atoms with E-state index >= 15 is 0 Å². The van der Waals surface area contributed by atoms with Crippen LogP contribution in [0, 0.1) is 5.92 Å². The number of amides is 1. The Labute approximate surface area is 146 Å². The molecule has 140 valence electrons. The number of carbonyl (C=O) groups is 2. The molecule has 1 saturated carbocycles. The molecular weight excluding hydrogens is 306 g/mol. The molecular formula is C19H35NO4. The Bertz CT molecular complexity index is 353. The Morgan fingerprint density at radius 3 is 2.54 bits per heavy atom. The summed E-state index contributed by atoms with van der Waals surface area (Å²) in [7, 11) is 0. The van der Waals surface area contributed by atoms with Crippen LogP contribution in [0.5, 0.6) is 0 Å². The molecule has 0 saturated heterocycles. The van der Waals surface area contributed by atoms with E-state index in [-0.39, 0.29) is 17.6 Å². The van der Waals surface area contributed by atoms with Gasteiger partial charge in [-0.15, -0.1) is 0 Å². The fraction of sp³-hybridized carbons (Fsp3) is 0.895. The van der Waals surface area contributed by atoms with Gasteiger partial charge >= 0.3 is 0 Å². The van der Waals surface area contributed by atoms with Crippen LogP contribution in [-0.4, -0.2) is 44.2 Å². The summed E-state index contributed by atoms with van der Waals surface area (Å²) in [5.41, 5.74) is 0. The molecule has 0 aromatic carbocycles. The Morgan fingerprint density at radius 1 is 1.08 bits per heavy atom. The van der Waals surface area contributed by atoms with Crippen LogP contribution in [0.3, 0.4) is 0 Å². The van der Waals surface area contributed by atoms with E-state index in [4.69, 9.17) is 9.47 Å². The first kappa shape index (κ1) is 21.1. The summed E-state index contributed by atoms with van der Waals surface area (Å²) in [6, 6.07) is 0. The molecule has 1 aliphatic carbocycles. The SMILES string of the molecule is CCC(C)C(=O)CCOCCNC(=O)CCCOC1CCCCC1. The summed E-state index contributed by atoms with van der Waals surface area (Å²) in [4.78, 5) is 23.3. The zero-order chi connectivity index (χ0) is 17.6. The van der Waals surface area contributed by atoms with E-state index in [0.29, 0.717) is 45.3 Å². The van der Waals surface area contributed by atoms with Crippen LogP contribution in [0.2, 0.25) is 0 Å². The lowest BCUT2D eigenvalue weighted by Gasteiger charge is -2.21. The molecule has 5 heteroatoms. The summed E-state index contributed by atoms with van der Waals surface area (Å²) in [5.74, 6) is 0.408. The summed E-state index contributed by atoms with van der Waals surface area (Å²) in [6.07, 6.45) is 9.23. The summed E-state index contributed by atoms with van der Waals surface area (Å²) < 4.78 is 11.2. The predicted octanol–water partition coefficient (Wildman–Crippen LogP) is 3.25. The van der Waals surface area contributed by atoms with Crippen molar-refractivity contribution in [1.29, 1.82) is 0 Å². The molecule has 1 fully saturated rings. The van der Waals surface area contributed by atoms with Crippen molar-refractivity contribution in [3.63, 3.8) is 0 Å². The van der Waals surface area contributed by atoms with Crippen LogP contribution in [0.15, 0.2) is 0 Å². The van der Waals surface area contributed by atoms with Crippen molar-refractivity contribution in [3.8, 4) is 0 Å². The number of ether oxygens (including phenoxy) is 2. The Kier molecular flexibility index (Phi) is 11.7. The lowest BCUT2D eigenvalue weighted by atomic mass is 9.98. The lowest BCUT2D eigenvalue weighted by molar-refractivity contribution is -0.124. The highest BCUT2D eigenvalue weighted by atomic mass is 16.5. The maximum Gasteiger partial charge on any atom is 0.220 e. The van der Waals surface area contributed by atoms with Gasteiger partial charge in [0.2, 0.25) is 5.91 Å². The van der Waals surface area contributed by atoms with Crippen LogP contribution in [0.1, 0.15) is 71.6 Å². The standard InChI is InChI=1S/C19H35NO4/c1-3-16(2)18(21)11-14-23-15-12-20-19(22)10-7-13-24-17-8-5-4-6-9-17/h16-17H,3-15H2,1-2H3,(H,20,22). The Morgan fingerprint density at radius 2 is 1.83 bits per heavy atom. The second kappa shape index (κ2) is 13.4. The maximum absolute atomic E-state index is 11.7. The number of nitrogens with one attached hydrogen (secondary N) is 1. The van der Waals surface area contributed by atoms with Crippen molar-refractivity contribution in [2.75, 3.05) is 26.4 Å². The number of rotatable bonds is 13. The second-order valence-corrected chi connectivity index (χ2v) is 6.72. The quantitative estimate of drug-likeness (QED) is 0.522. The summed E-state index contributed by atoms with van der Waals surface area (Å²) >= 11 is 0. The van der Waals surface area contributed by atoms with Gasteiger partial charge in [0.05, 0.1) is 19.3 Å². The molecule has 0 bridgehead atoms. The smallest absolute Gasteiger partial charge is 0.220 e. The molecule has 0 heterocycles. The van der Waals surface area contributed by atoms with Gasteiger partial charge in [-0.25, -0.2) is 0 Å². The molecule has 1 amide bonds. The highest BCUT2D eigenvalue weighted by molar-refractivity contribution is 5.80. The van der Waals surface area contributed by atoms with E-state index in [9.17, 15) is 9.59 Å². The third-order valence-electron chi connectivity index (χ3n) is 4.68. The summed E-state index contributed by atoms with van der Waals surface area (Å²) in [6.45, 7) is 6.03. The molecule has 0 spiro atoms. The van der Waals surface area contributed by atoms with E-state index in [2.05, 4.69) is 5.32 Å². The normalized spacial score (nSPS) is 16.8. The monoisotopic (exact) mass is 341 g/mol. The lowest BCUT2D eigenvalue weighted by Crippen LogP contribution is -2.28. The van der Waals surface area contributed by atoms with Crippen molar-refractivity contribution in [2.45, 2.75) is 77.7 Å². The molecule has 1 N–H and O–H groups in total. The van der Waals surface area contributed by atoms with Crippen molar-refractivity contribution in [1.82, 2.24) is 5.32 Å². The van der Waals surface area contributed by atoms with Gasteiger partial charge in [-0.1, -0.05) is 33.1 Å².